The average Bonchev–Trinajstić information content (AvgIpc) is 1.89. The fourth-order valence-electron chi connectivity index (χ4n) is 0.552. The third-order valence-electron chi connectivity index (χ3n) is 0.991. The van der Waals surface area contributed by atoms with Crippen LogP contribution in [-0.4, -0.2) is 31.2 Å². The van der Waals surface area contributed by atoms with Gasteiger partial charge >= 0.3 is 0 Å². The fraction of sp³-hybridized carbons (Fsp3) is 0.857. The second-order valence-corrected chi connectivity index (χ2v) is 2.06. The molecule has 0 radical (unpaired) electrons. The summed E-state index contributed by atoms with van der Waals surface area (Å²) in [5.41, 5.74) is 0. The molecule has 0 fully saturated rings. The highest BCUT2D eigenvalue weighted by atomic mass is 15.4. The van der Waals surface area contributed by atoms with Gasteiger partial charge in [-0.2, -0.15) is 0 Å². The predicted octanol–water partition coefficient (Wildman–Crippen LogP) is 1.44. The Morgan fingerprint density at radius 1 is 1.40 bits per heavy atom. The van der Waals surface area contributed by atoms with E-state index in [1.165, 1.54) is 0 Å². The maximum atomic E-state index is 3.92. The van der Waals surface area contributed by atoms with Crippen molar-refractivity contribution in [2.45, 2.75) is 20.3 Å². The average molecular weight is 141 g/mol. The predicted molar refractivity (Wildman–Crippen MR) is 43.3 cm³/mol. The number of nitrogens with zero attached hydrogens (tertiary/aromatic N) is 3. The monoisotopic (exact) mass is 141 g/mol. The van der Waals surface area contributed by atoms with Gasteiger partial charge in [0, 0.05) is 20.1 Å². The summed E-state index contributed by atoms with van der Waals surface area (Å²) in [6.45, 7) is 5.79. The van der Waals surface area contributed by atoms with Crippen LogP contribution in [0.3, 0.4) is 0 Å². The van der Waals surface area contributed by atoms with Gasteiger partial charge in [0.1, 0.15) is 6.01 Å². The van der Waals surface area contributed by atoms with Gasteiger partial charge in [0.15, 0.2) is 0 Å². The van der Waals surface area contributed by atoms with Crippen LogP contribution in [0.5, 0.6) is 0 Å². The lowest BCUT2D eigenvalue weighted by molar-refractivity contribution is 0.357. The van der Waals surface area contributed by atoms with Crippen molar-refractivity contribution in [1.29, 1.82) is 0 Å². The summed E-state index contributed by atoms with van der Waals surface area (Å²) < 4.78 is 0. The fourth-order valence-corrected chi connectivity index (χ4v) is 0.552. The van der Waals surface area contributed by atoms with Crippen molar-refractivity contribution in [3.63, 3.8) is 0 Å². The topological polar surface area (TPSA) is 28.0 Å². The molecule has 0 aromatic carbocycles. The molecule has 0 aliphatic heterocycles. The lowest BCUT2D eigenvalue weighted by Gasteiger charge is -2.06. The summed E-state index contributed by atoms with van der Waals surface area (Å²) >= 11 is 0. The molecule has 0 rings (SSSR count). The van der Waals surface area contributed by atoms with E-state index in [2.05, 4.69) is 23.0 Å². The van der Waals surface area contributed by atoms with E-state index in [0.717, 1.165) is 19.5 Å². The van der Waals surface area contributed by atoms with E-state index in [-0.39, 0.29) is 0 Å². The first-order valence-electron chi connectivity index (χ1n) is 3.64. The molecule has 0 spiro atoms. The van der Waals surface area contributed by atoms with Crippen LogP contribution in [0.1, 0.15) is 20.3 Å². The summed E-state index contributed by atoms with van der Waals surface area (Å²) in [4.78, 5) is 3.84. The smallest absolute Gasteiger partial charge is 0.114 e. The van der Waals surface area contributed by atoms with Crippen LogP contribution < -0.4 is 0 Å². The largest absolute Gasteiger partial charge is 0.291 e. The van der Waals surface area contributed by atoms with E-state index in [9.17, 15) is 0 Å². The van der Waals surface area contributed by atoms with Crippen LogP contribution >= 0.6 is 0 Å². The number of hydrogen-bond acceptors (Lipinski definition) is 3. The van der Waals surface area contributed by atoms with Crippen molar-refractivity contribution < 1.29 is 0 Å². The minimum absolute atomic E-state index is 0.753. The Morgan fingerprint density at radius 3 is 2.60 bits per heavy atom. The highest BCUT2D eigenvalue weighted by Gasteiger charge is 1.84. The van der Waals surface area contributed by atoms with Crippen LogP contribution in [0.25, 0.3) is 0 Å². The van der Waals surface area contributed by atoms with Crippen molar-refractivity contribution in [1.82, 2.24) is 5.01 Å². The van der Waals surface area contributed by atoms with Gasteiger partial charge in [-0.1, -0.05) is 6.92 Å². The molecule has 0 aliphatic rings. The number of aliphatic imine (C=N–C) groups is 1. The minimum atomic E-state index is 0.753. The first-order chi connectivity index (χ1) is 4.81. The van der Waals surface area contributed by atoms with E-state index in [0.29, 0.717) is 0 Å². The van der Waals surface area contributed by atoms with Crippen LogP contribution in [0.15, 0.2) is 10.1 Å². The molecule has 0 saturated heterocycles. The Morgan fingerprint density at radius 2 is 2.10 bits per heavy atom. The molecule has 0 aromatic rings. The zero-order valence-corrected chi connectivity index (χ0v) is 6.96. The van der Waals surface area contributed by atoms with Crippen molar-refractivity contribution in [3.8, 4) is 0 Å². The molecule has 0 atom stereocenters. The highest BCUT2D eigenvalue weighted by molar-refractivity contribution is 5.40. The maximum Gasteiger partial charge on any atom is 0.114 e. The molecule has 0 saturated carbocycles. The lowest BCUT2D eigenvalue weighted by Crippen LogP contribution is -2.10. The molecule has 3 heteroatoms. The zero-order chi connectivity index (χ0) is 7.82. The highest BCUT2D eigenvalue weighted by Crippen LogP contribution is 1.83. The third kappa shape index (κ3) is 5.32. The SMILES string of the molecule is CCCN(C)N=C=NCC. The molecule has 0 aromatic heterocycles. The molecule has 0 unspecified atom stereocenters. The van der Waals surface area contributed by atoms with Gasteiger partial charge in [-0.15, -0.1) is 5.10 Å². The van der Waals surface area contributed by atoms with Crippen LogP contribution in [0.2, 0.25) is 0 Å². The normalized spacial score (nSPS) is 8.30. The van der Waals surface area contributed by atoms with Crippen molar-refractivity contribution in [2.24, 2.45) is 10.1 Å². The molecule has 3 nitrogen and oxygen atoms in total. The van der Waals surface area contributed by atoms with Crippen LogP contribution in [-0.2, 0) is 0 Å². The lowest BCUT2D eigenvalue weighted by atomic mass is 10.5. The number of hydrazone groups is 1. The van der Waals surface area contributed by atoms with Gasteiger partial charge in [0.25, 0.3) is 0 Å². The van der Waals surface area contributed by atoms with Gasteiger partial charge in [-0.25, -0.2) is 4.99 Å². The number of rotatable bonds is 4. The maximum absolute atomic E-state index is 3.92. The Hall–Kier alpha value is -0.820. The molecule has 10 heavy (non-hydrogen) atoms. The summed E-state index contributed by atoms with van der Waals surface area (Å²) in [6.07, 6.45) is 1.10. The van der Waals surface area contributed by atoms with E-state index < -0.39 is 0 Å². The first-order valence-corrected chi connectivity index (χ1v) is 3.64. The minimum Gasteiger partial charge on any atom is -0.291 e. The number of hydrogen-bond donors (Lipinski definition) is 0. The Kier molecular flexibility index (Phi) is 5.79. The van der Waals surface area contributed by atoms with Crippen LogP contribution in [0.4, 0.5) is 0 Å². The van der Waals surface area contributed by atoms with Gasteiger partial charge < -0.3 is 0 Å². The Labute approximate surface area is 62.4 Å². The third-order valence-corrected chi connectivity index (χ3v) is 0.991. The summed E-state index contributed by atoms with van der Waals surface area (Å²) in [7, 11) is 1.92. The molecular weight excluding hydrogens is 126 g/mol. The van der Waals surface area contributed by atoms with E-state index >= 15 is 0 Å². The first kappa shape index (κ1) is 9.18. The quantitative estimate of drug-likeness (QED) is 0.430. The molecule has 0 aliphatic carbocycles. The summed E-state index contributed by atoms with van der Waals surface area (Å²) in [5.74, 6) is 0. The molecule has 0 bridgehead atoms. The zero-order valence-electron chi connectivity index (χ0n) is 6.96. The molecule has 0 amide bonds. The standard InChI is InChI=1S/C7H15N3/c1-4-6-10(3)9-7-8-5-2/h4-6H2,1-3H3. The van der Waals surface area contributed by atoms with Gasteiger partial charge in [0.2, 0.25) is 0 Å². The van der Waals surface area contributed by atoms with E-state index in [1.54, 1.807) is 0 Å². The molecule has 0 N–H and O–H groups in total. The second kappa shape index (κ2) is 6.30. The van der Waals surface area contributed by atoms with E-state index in [1.807, 2.05) is 19.0 Å². The second-order valence-electron chi connectivity index (χ2n) is 2.06. The molecule has 58 valence electrons. The summed E-state index contributed by atoms with van der Waals surface area (Å²) in [5, 5.41) is 5.75. The van der Waals surface area contributed by atoms with Crippen molar-refractivity contribution in [3.05, 3.63) is 0 Å². The van der Waals surface area contributed by atoms with Crippen LogP contribution in [0, 0.1) is 0 Å². The molecule has 0 heterocycles. The van der Waals surface area contributed by atoms with Crippen molar-refractivity contribution in [2.75, 3.05) is 20.1 Å². The summed E-state index contributed by atoms with van der Waals surface area (Å²) in [6, 6.07) is 2.60. The molecular formula is C7H15N3. The van der Waals surface area contributed by atoms with Gasteiger partial charge in [-0.05, 0) is 13.3 Å². The van der Waals surface area contributed by atoms with E-state index in [4.69, 9.17) is 0 Å². The van der Waals surface area contributed by atoms with Gasteiger partial charge in [0.05, 0.1) is 0 Å². The van der Waals surface area contributed by atoms with Gasteiger partial charge in [-0.3, -0.25) is 5.01 Å². The van der Waals surface area contributed by atoms with Crippen molar-refractivity contribution >= 4 is 6.01 Å². The Balaban J connectivity index is 3.54. The Bertz CT molecular complexity index is 125.